The lowest BCUT2D eigenvalue weighted by Gasteiger charge is -2.10. The smallest absolute Gasteiger partial charge is 0.236 e. The maximum Gasteiger partial charge on any atom is 0.236 e. The largest absolute Gasteiger partial charge is 0.325 e. The third kappa shape index (κ3) is 5.64. The van der Waals surface area contributed by atoms with Gasteiger partial charge in [0.1, 0.15) is 5.82 Å². The number of rotatable bonds is 9. The molecule has 0 saturated carbocycles. The second kappa shape index (κ2) is 10.2. The van der Waals surface area contributed by atoms with Crippen LogP contribution in [-0.2, 0) is 29.0 Å². The number of benzene rings is 1. The van der Waals surface area contributed by atoms with Gasteiger partial charge in [-0.05, 0) is 25.0 Å². The molecule has 1 aromatic carbocycles. The predicted molar refractivity (Wildman–Crippen MR) is 115 cm³/mol. The van der Waals surface area contributed by atoms with Gasteiger partial charge in [0.15, 0.2) is 10.3 Å². The first kappa shape index (κ1) is 21.0. The number of amides is 2. The lowest BCUT2D eigenvalue weighted by molar-refractivity contribution is -0.116. The Morgan fingerprint density at radius 2 is 1.97 bits per heavy atom. The van der Waals surface area contributed by atoms with Gasteiger partial charge in [-0.1, -0.05) is 36.9 Å². The standard InChI is InChI=1S/C19H22N6O2S2/c1-3-13-7-5-6-8-14(13)21-16(26)11-15-23-24-19(25(15)4-2)29-12-17(27)22-18-20-9-10-28-18/h5-10H,3-4,11-12H2,1-2H3,(H,21,26)(H,20,22,27). The van der Waals surface area contributed by atoms with Crippen molar-refractivity contribution in [2.45, 2.75) is 38.4 Å². The van der Waals surface area contributed by atoms with Gasteiger partial charge < -0.3 is 15.2 Å². The first-order valence-electron chi connectivity index (χ1n) is 9.22. The molecule has 10 heteroatoms. The van der Waals surface area contributed by atoms with Crippen molar-refractivity contribution in [3.63, 3.8) is 0 Å². The average Bonchev–Trinajstić information content (AvgIpc) is 3.36. The summed E-state index contributed by atoms with van der Waals surface area (Å²) in [4.78, 5) is 28.6. The molecule has 0 radical (unpaired) electrons. The molecule has 0 aliphatic rings. The molecule has 0 bridgehead atoms. The van der Waals surface area contributed by atoms with Crippen molar-refractivity contribution >= 4 is 45.7 Å². The number of anilines is 2. The Bertz CT molecular complexity index is 971. The van der Waals surface area contributed by atoms with Gasteiger partial charge in [-0.25, -0.2) is 4.98 Å². The van der Waals surface area contributed by atoms with Crippen LogP contribution in [0.3, 0.4) is 0 Å². The van der Waals surface area contributed by atoms with Crippen LogP contribution in [0.15, 0.2) is 41.0 Å². The van der Waals surface area contributed by atoms with Gasteiger partial charge in [0, 0.05) is 23.8 Å². The lowest BCUT2D eigenvalue weighted by atomic mass is 10.1. The highest BCUT2D eigenvalue weighted by molar-refractivity contribution is 7.99. The normalized spacial score (nSPS) is 10.7. The number of aryl methyl sites for hydroxylation is 1. The Hall–Kier alpha value is -2.72. The minimum atomic E-state index is -0.161. The van der Waals surface area contributed by atoms with Crippen molar-refractivity contribution in [1.82, 2.24) is 19.7 Å². The molecule has 29 heavy (non-hydrogen) atoms. The summed E-state index contributed by atoms with van der Waals surface area (Å²) in [6.07, 6.45) is 2.59. The first-order valence-corrected chi connectivity index (χ1v) is 11.1. The first-order chi connectivity index (χ1) is 14.1. The van der Waals surface area contributed by atoms with Gasteiger partial charge in [-0.2, -0.15) is 0 Å². The van der Waals surface area contributed by atoms with E-state index in [2.05, 4.69) is 25.8 Å². The molecule has 0 saturated heterocycles. The fourth-order valence-corrected chi connectivity index (χ4v) is 4.10. The molecule has 0 aliphatic carbocycles. The molecule has 0 spiro atoms. The van der Waals surface area contributed by atoms with E-state index in [1.807, 2.05) is 42.7 Å². The molecule has 0 aliphatic heterocycles. The average molecular weight is 431 g/mol. The van der Waals surface area contributed by atoms with Crippen LogP contribution in [0.5, 0.6) is 0 Å². The predicted octanol–water partition coefficient (Wildman–Crippen LogP) is 3.23. The molecular formula is C19H22N6O2S2. The second-order valence-corrected chi connectivity index (χ2v) is 7.89. The summed E-state index contributed by atoms with van der Waals surface area (Å²) >= 11 is 2.65. The van der Waals surface area contributed by atoms with Gasteiger partial charge >= 0.3 is 0 Å². The number of hydrogen-bond acceptors (Lipinski definition) is 7. The van der Waals surface area contributed by atoms with Crippen LogP contribution in [0, 0.1) is 0 Å². The van der Waals surface area contributed by atoms with Crippen LogP contribution >= 0.6 is 23.1 Å². The molecule has 2 aromatic heterocycles. The van der Waals surface area contributed by atoms with E-state index in [4.69, 9.17) is 0 Å². The number of para-hydroxylation sites is 1. The molecule has 8 nitrogen and oxygen atoms in total. The van der Waals surface area contributed by atoms with Gasteiger partial charge in [0.05, 0.1) is 12.2 Å². The minimum Gasteiger partial charge on any atom is -0.325 e. The zero-order valence-corrected chi connectivity index (χ0v) is 17.8. The van der Waals surface area contributed by atoms with Crippen LogP contribution in [0.1, 0.15) is 25.2 Å². The van der Waals surface area contributed by atoms with E-state index in [-0.39, 0.29) is 24.0 Å². The zero-order chi connectivity index (χ0) is 20.6. The Morgan fingerprint density at radius 1 is 1.14 bits per heavy atom. The Kier molecular flexibility index (Phi) is 7.36. The number of hydrogen-bond donors (Lipinski definition) is 2. The molecule has 0 fully saturated rings. The van der Waals surface area contributed by atoms with Gasteiger partial charge in [0.2, 0.25) is 11.8 Å². The SMILES string of the molecule is CCc1ccccc1NC(=O)Cc1nnc(SCC(=O)Nc2nccs2)n1CC. The van der Waals surface area contributed by atoms with Crippen LogP contribution < -0.4 is 10.6 Å². The second-order valence-electron chi connectivity index (χ2n) is 6.05. The van der Waals surface area contributed by atoms with Crippen LogP contribution in [0.2, 0.25) is 0 Å². The molecule has 0 atom stereocenters. The molecule has 3 rings (SSSR count). The van der Waals surface area contributed by atoms with Crippen LogP contribution in [-0.4, -0.2) is 37.3 Å². The van der Waals surface area contributed by atoms with Crippen LogP contribution in [0.4, 0.5) is 10.8 Å². The van der Waals surface area contributed by atoms with Crippen molar-refractivity contribution in [2.24, 2.45) is 0 Å². The molecule has 2 heterocycles. The Morgan fingerprint density at radius 3 is 2.69 bits per heavy atom. The maximum atomic E-state index is 12.5. The fraction of sp³-hybridized carbons (Fsp3) is 0.316. The molecule has 2 amide bonds. The number of aromatic nitrogens is 4. The van der Waals surface area contributed by atoms with E-state index in [0.29, 0.717) is 22.7 Å². The summed E-state index contributed by atoms with van der Waals surface area (Å²) < 4.78 is 1.85. The monoisotopic (exact) mass is 430 g/mol. The summed E-state index contributed by atoms with van der Waals surface area (Å²) in [5.41, 5.74) is 1.90. The number of nitrogens with one attached hydrogen (secondary N) is 2. The summed E-state index contributed by atoms with van der Waals surface area (Å²) in [6.45, 7) is 4.61. The van der Waals surface area contributed by atoms with E-state index in [0.717, 1.165) is 17.7 Å². The van der Waals surface area contributed by atoms with Crippen molar-refractivity contribution < 1.29 is 9.59 Å². The van der Waals surface area contributed by atoms with Gasteiger partial charge in [0.25, 0.3) is 0 Å². The Labute approximate surface area is 177 Å². The van der Waals surface area contributed by atoms with E-state index in [9.17, 15) is 9.59 Å². The van der Waals surface area contributed by atoms with E-state index in [1.54, 1.807) is 11.6 Å². The number of carbonyl (C=O) groups is 2. The topological polar surface area (TPSA) is 102 Å². The summed E-state index contributed by atoms with van der Waals surface area (Å²) in [7, 11) is 0. The third-order valence-corrected chi connectivity index (χ3v) is 5.77. The number of carbonyl (C=O) groups excluding carboxylic acids is 2. The molecule has 152 valence electrons. The van der Waals surface area contributed by atoms with E-state index < -0.39 is 0 Å². The lowest BCUT2D eigenvalue weighted by Crippen LogP contribution is -2.18. The number of thioether (sulfide) groups is 1. The van der Waals surface area contributed by atoms with Crippen molar-refractivity contribution in [2.75, 3.05) is 16.4 Å². The Balaban J connectivity index is 1.60. The molecule has 3 aromatic rings. The third-order valence-electron chi connectivity index (χ3n) is 4.11. The quantitative estimate of drug-likeness (QED) is 0.506. The molecule has 2 N–H and O–H groups in total. The fourth-order valence-electron chi connectivity index (χ4n) is 2.73. The highest BCUT2D eigenvalue weighted by Gasteiger charge is 2.16. The summed E-state index contributed by atoms with van der Waals surface area (Å²) in [6, 6.07) is 7.74. The molecular weight excluding hydrogens is 408 g/mol. The minimum absolute atomic E-state index is 0.116. The number of thiazole rings is 1. The van der Waals surface area contributed by atoms with E-state index in [1.165, 1.54) is 23.1 Å². The molecule has 0 unspecified atom stereocenters. The van der Waals surface area contributed by atoms with Gasteiger partial charge in [-0.3, -0.25) is 9.59 Å². The summed E-state index contributed by atoms with van der Waals surface area (Å²) in [5.74, 6) is 0.451. The maximum absolute atomic E-state index is 12.5. The highest BCUT2D eigenvalue weighted by atomic mass is 32.2. The van der Waals surface area contributed by atoms with Crippen molar-refractivity contribution in [1.29, 1.82) is 0 Å². The van der Waals surface area contributed by atoms with Gasteiger partial charge in [-0.15, -0.1) is 21.5 Å². The van der Waals surface area contributed by atoms with E-state index >= 15 is 0 Å². The van der Waals surface area contributed by atoms with Crippen molar-refractivity contribution in [3.8, 4) is 0 Å². The summed E-state index contributed by atoms with van der Waals surface area (Å²) in [5, 5.41) is 17.0. The highest BCUT2D eigenvalue weighted by Crippen LogP contribution is 2.20. The number of nitrogens with zero attached hydrogens (tertiary/aromatic N) is 4. The zero-order valence-electron chi connectivity index (χ0n) is 16.2. The van der Waals surface area contributed by atoms with Crippen LogP contribution in [0.25, 0.3) is 0 Å². The van der Waals surface area contributed by atoms with Crippen molar-refractivity contribution in [3.05, 3.63) is 47.2 Å².